The van der Waals surface area contributed by atoms with Gasteiger partial charge in [0.05, 0.1) is 17.8 Å². The molecular formula is C25H29N5O6S. The summed E-state index contributed by atoms with van der Waals surface area (Å²) < 4.78 is 31.1. The van der Waals surface area contributed by atoms with Crippen molar-refractivity contribution >= 4 is 32.7 Å². The fraction of sp³-hybridized carbons (Fsp3) is 0.320. The molecule has 2 aromatic carbocycles. The van der Waals surface area contributed by atoms with Crippen LogP contribution in [0.4, 0.5) is 0 Å². The number of hydrogen-bond acceptors (Lipinski definition) is 8. The third-order valence-corrected chi connectivity index (χ3v) is 7.79. The number of rotatable bonds is 9. The normalized spacial score (nSPS) is 15.8. The first-order valence-corrected chi connectivity index (χ1v) is 13.5. The van der Waals surface area contributed by atoms with Crippen LogP contribution in [0.1, 0.15) is 21.5 Å². The van der Waals surface area contributed by atoms with E-state index in [4.69, 9.17) is 10.5 Å². The fourth-order valence-corrected chi connectivity index (χ4v) is 5.36. The third-order valence-electron chi connectivity index (χ3n) is 6.48. The van der Waals surface area contributed by atoms with Gasteiger partial charge in [-0.05, 0) is 42.3 Å². The highest BCUT2D eigenvalue weighted by atomic mass is 32.2. The van der Waals surface area contributed by atoms with Gasteiger partial charge in [0.25, 0.3) is 5.91 Å². The second-order valence-corrected chi connectivity index (χ2v) is 10.8. The maximum atomic E-state index is 12.6. The number of piperazine rings is 1. The predicted octanol–water partition coefficient (Wildman–Crippen LogP) is 0.906. The lowest BCUT2D eigenvalue weighted by molar-refractivity contribution is -0.135. The maximum Gasteiger partial charge on any atom is 0.261 e. The minimum absolute atomic E-state index is 0.0545. The standard InChI is InChI=1S/C25H29N5O6S/c1-37(34,35)30-12-10-29(11-13-30)23(25(32)28-33)15-18-14-19(6-7-21(18)24(26)31)36-16-17-8-9-27-22-5-3-2-4-20(17)22/h2-9,14,23,33H,10-13,15-16H2,1H3,(H2,26,31)(H,28,32)/t23-/m0/s1. The van der Waals surface area contributed by atoms with E-state index in [-0.39, 0.29) is 44.8 Å². The molecule has 4 rings (SSSR count). The smallest absolute Gasteiger partial charge is 0.261 e. The highest BCUT2D eigenvalue weighted by Gasteiger charge is 2.32. The first-order valence-electron chi connectivity index (χ1n) is 11.7. The molecule has 1 aliphatic heterocycles. The number of amides is 2. The molecule has 1 aliphatic rings. The minimum atomic E-state index is -3.35. The molecule has 4 N–H and O–H groups in total. The van der Waals surface area contributed by atoms with E-state index < -0.39 is 27.9 Å². The average Bonchev–Trinajstić information content (AvgIpc) is 2.89. The summed E-state index contributed by atoms with van der Waals surface area (Å²) in [6, 6.07) is 13.6. The second-order valence-electron chi connectivity index (χ2n) is 8.85. The number of nitrogens with zero attached hydrogens (tertiary/aromatic N) is 3. The Morgan fingerprint density at radius 3 is 2.51 bits per heavy atom. The SMILES string of the molecule is CS(=O)(=O)N1CCN([C@@H](Cc2cc(OCc3ccnc4ccccc34)ccc2C(N)=O)C(=O)NO)CC1. The summed E-state index contributed by atoms with van der Waals surface area (Å²) in [7, 11) is -3.35. The summed E-state index contributed by atoms with van der Waals surface area (Å²) >= 11 is 0. The molecule has 196 valence electrons. The van der Waals surface area contributed by atoms with Crippen molar-refractivity contribution < 1.29 is 28.0 Å². The summed E-state index contributed by atoms with van der Waals surface area (Å²) in [4.78, 5) is 30.9. The molecule has 0 aliphatic carbocycles. The van der Waals surface area contributed by atoms with Crippen molar-refractivity contribution in [2.75, 3.05) is 32.4 Å². The molecule has 1 saturated heterocycles. The van der Waals surface area contributed by atoms with Gasteiger partial charge in [0.15, 0.2) is 0 Å². The monoisotopic (exact) mass is 527 g/mol. The van der Waals surface area contributed by atoms with Gasteiger partial charge < -0.3 is 10.5 Å². The number of nitrogens with one attached hydrogen (secondary N) is 1. The maximum absolute atomic E-state index is 12.6. The first-order chi connectivity index (χ1) is 17.7. The van der Waals surface area contributed by atoms with Crippen molar-refractivity contribution in [2.45, 2.75) is 19.1 Å². The van der Waals surface area contributed by atoms with Crippen LogP contribution in [0.5, 0.6) is 5.75 Å². The number of carbonyl (C=O) groups excluding carboxylic acids is 2. The number of sulfonamides is 1. The van der Waals surface area contributed by atoms with Crippen LogP contribution in [0.2, 0.25) is 0 Å². The molecule has 0 radical (unpaired) electrons. The number of hydrogen-bond donors (Lipinski definition) is 3. The van der Waals surface area contributed by atoms with Crippen LogP contribution in [0.3, 0.4) is 0 Å². The molecule has 0 saturated carbocycles. The first kappa shape index (κ1) is 26.5. The van der Waals surface area contributed by atoms with Gasteiger partial charge in [-0.1, -0.05) is 18.2 Å². The van der Waals surface area contributed by atoms with Crippen LogP contribution in [0.25, 0.3) is 10.9 Å². The number of benzene rings is 2. The van der Waals surface area contributed by atoms with E-state index in [1.807, 2.05) is 30.3 Å². The quantitative estimate of drug-likeness (QED) is 0.274. The van der Waals surface area contributed by atoms with E-state index in [1.165, 1.54) is 4.31 Å². The number of primary amides is 1. The van der Waals surface area contributed by atoms with Crippen LogP contribution in [0.15, 0.2) is 54.7 Å². The van der Waals surface area contributed by atoms with Crippen molar-refractivity contribution in [3.05, 3.63) is 71.4 Å². The number of ether oxygens (including phenoxy) is 1. The molecule has 1 atom stereocenters. The van der Waals surface area contributed by atoms with E-state index in [9.17, 15) is 23.2 Å². The number of fused-ring (bicyclic) bond motifs is 1. The molecule has 2 heterocycles. The Bertz CT molecular complexity index is 1400. The zero-order valence-electron chi connectivity index (χ0n) is 20.3. The Hall–Kier alpha value is -3.58. The number of nitrogens with two attached hydrogens (primary N) is 1. The number of para-hydroxylation sites is 1. The van der Waals surface area contributed by atoms with Gasteiger partial charge in [-0.2, -0.15) is 4.31 Å². The average molecular weight is 528 g/mol. The van der Waals surface area contributed by atoms with E-state index in [0.29, 0.717) is 11.3 Å². The van der Waals surface area contributed by atoms with Gasteiger partial charge in [-0.25, -0.2) is 13.9 Å². The summed E-state index contributed by atoms with van der Waals surface area (Å²) in [5.74, 6) is -0.851. The fourth-order valence-electron chi connectivity index (χ4n) is 4.53. The lowest BCUT2D eigenvalue weighted by Crippen LogP contribution is -2.56. The highest BCUT2D eigenvalue weighted by molar-refractivity contribution is 7.88. The Balaban J connectivity index is 1.56. The van der Waals surface area contributed by atoms with Gasteiger partial charge in [-0.15, -0.1) is 0 Å². The third kappa shape index (κ3) is 6.23. The zero-order valence-corrected chi connectivity index (χ0v) is 21.1. The zero-order chi connectivity index (χ0) is 26.6. The Morgan fingerprint density at radius 2 is 1.84 bits per heavy atom. The van der Waals surface area contributed by atoms with Gasteiger partial charge in [0, 0.05) is 48.9 Å². The Kier molecular flexibility index (Phi) is 8.03. The van der Waals surface area contributed by atoms with E-state index >= 15 is 0 Å². The molecule has 0 bridgehead atoms. The summed E-state index contributed by atoms with van der Waals surface area (Å²) in [5.41, 5.74) is 9.77. The minimum Gasteiger partial charge on any atom is -0.489 e. The van der Waals surface area contributed by atoms with Crippen molar-refractivity contribution in [2.24, 2.45) is 5.73 Å². The van der Waals surface area contributed by atoms with Crippen molar-refractivity contribution in [3.63, 3.8) is 0 Å². The molecule has 0 unspecified atom stereocenters. The lowest BCUT2D eigenvalue weighted by Gasteiger charge is -2.37. The largest absolute Gasteiger partial charge is 0.489 e. The number of pyridine rings is 1. The van der Waals surface area contributed by atoms with Crippen LogP contribution in [0, 0.1) is 0 Å². The molecular weight excluding hydrogens is 498 g/mol. The molecule has 12 heteroatoms. The van der Waals surface area contributed by atoms with Crippen LogP contribution in [-0.2, 0) is 27.8 Å². The van der Waals surface area contributed by atoms with Crippen LogP contribution in [-0.4, -0.2) is 78.1 Å². The van der Waals surface area contributed by atoms with E-state index in [1.54, 1.807) is 34.8 Å². The summed E-state index contributed by atoms with van der Waals surface area (Å²) in [6.45, 7) is 1.23. The van der Waals surface area contributed by atoms with Crippen LogP contribution < -0.4 is 16.0 Å². The molecule has 11 nitrogen and oxygen atoms in total. The lowest BCUT2D eigenvalue weighted by atomic mass is 9.97. The van der Waals surface area contributed by atoms with E-state index in [2.05, 4.69) is 4.98 Å². The Morgan fingerprint density at radius 1 is 1.11 bits per heavy atom. The van der Waals surface area contributed by atoms with Crippen molar-refractivity contribution in [3.8, 4) is 5.75 Å². The Labute approximate surface area is 214 Å². The number of aromatic nitrogens is 1. The van der Waals surface area contributed by atoms with Gasteiger partial charge in [0.2, 0.25) is 15.9 Å². The molecule has 2 amide bonds. The summed E-state index contributed by atoms with van der Waals surface area (Å²) in [5, 5.41) is 10.3. The van der Waals surface area contributed by atoms with Crippen molar-refractivity contribution in [1.29, 1.82) is 0 Å². The van der Waals surface area contributed by atoms with Gasteiger partial charge in [0.1, 0.15) is 12.4 Å². The molecule has 0 spiro atoms. The van der Waals surface area contributed by atoms with Gasteiger partial charge >= 0.3 is 0 Å². The molecule has 3 aromatic rings. The second kappa shape index (κ2) is 11.2. The van der Waals surface area contributed by atoms with Crippen LogP contribution >= 0.6 is 0 Å². The molecule has 1 fully saturated rings. The molecule has 1 aromatic heterocycles. The number of hydroxylamine groups is 1. The predicted molar refractivity (Wildman–Crippen MR) is 136 cm³/mol. The summed E-state index contributed by atoms with van der Waals surface area (Å²) in [6.07, 6.45) is 2.91. The number of carbonyl (C=O) groups is 2. The van der Waals surface area contributed by atoms with Gasteiger partial charge in [-0.3, -0.25) is 24.7 Å². The van der Waals surface area contributed by atoms with Crippen molar-refractivity contribution in [1.82, 2.24) is 19.7 Å². The molecule has 37 heavy (non-hydrogen) atoms. The van der Waals surface area contributed by atoms with E-state index in [0.717, 1.165) is 22.7 Å². The topological polar surface area (TPSA) is 155 Å². The highest BCUT2D eigenvalue weighted by Crippen LogP contribution is 2.24.